The molecule has 0 radical (unpaired) electrons. The Balaban J connectivity index is 1.72. The van der Waals surface area contributed by atoms with Crippen molar-refractivity contribution in [1.29, 1.82) is 0 Å². The number of hydrogen-bond donors (Lipinski definition) is 1. The molecular weight excluding hydrogens is 392 g/mol. The summed E-state index contributed by atoms with van der Waals surface area (Å²) in [6, 6.07) is 8.35. The smallest absolute Gasteiger partial charge is 0.252 e. The van der Waals surface area contributed by atoms with Crippen molar-refractivity contribution in [3.8, 4) is 0 Å². The van der Waals surface area contributed by atoms with Crippen LogP contribution in [0.5, 0.6) is 0 Å². The van der Waals surface area contributed by atoms with Crippen LogP contribution in [0.15, 0.2) is 39.9 Å². The van der Waals surface area contributed by atoms with Gasteiger partial charge in [-0.25, -0.2) is 8.42 Å². The summed E-state index contributed by atoms with van der Waals surface area (Å²) in [4.78, 5) is 12.5. The van der Waals surface area contributed by atoms with Gasteiger partial charge in [0.15, 0.2) is 0 Å². The zero-order valence-electron chi connectivity index (χ0n) is 14.4. The van der Waals surface area contributed by atoms with Crippen LogP contribution in [0.2, 0.25) is 5.02 Å². The average Bonchev–Trinajstić information content (AvgIpc) is 3.14. The minimum Gasteiger partial charge on any atom is -0.326 e. The molecule has 1 aromatic heterocycles. The Morgan fingerprint density at radius 2 is 2.15 bits per heavy atom. The molecule has 2 aromatic rings. The van der Waals surface area contributed by atoms with Gasteiger partial charge >= 0.3 is 0 Å². The molecule has 0 bridgehead atoms. The van der Waals surface area contributed by atoms with Crippen molar-refractivity contribution in [3.63, 3.8) is 0 Å². The molecule has 0 unspecified atom stereocenters. The Morgan fingerprint density at radius 1 is 1.35 bits per heavy atom. The minimum absolute atomic E-state index is 0.135. The fourth-order valence-electron chi connectivity index (χ4n) is 3.12. The molecule has 3 rings (SSSR count). The highest BCUT2D eigenvalue weighted by Gasteiger charge is 2.35. The van der Waals surface area contributed by atoms with Crippen molar-refractivity contribution in [2.24, 2.45) is 0 Å². The first kappa shape index (κ1) is 19.4. The first-order chi connectivity index (χ1) is 12.4. The van der Waals surface area contributed by atoms with Gasteiger partial charge in [0.25, 0.3) is 10.0 Å². The first-order valence-corrected chi connectivity index (χ1v) is 11.2. The summed E-state index contributed by atoms with van der Waals surface area (Å²) in [6.07, 6.45) is 2.56. The number of benzene rings is 1. The van der Waals surface area contributed by atoms with E-state index >= 15 is 0 Å². The maximum Gasteiger partial charge on any atom is 0.252 e. The molecule has 1 aliphatic rings. The van der Waals surface area contributed by atoms with E-state index in [9.17, 15) is 13.2 Å². The van der Waals surface area contributed by atoms with Crippen LogP contribution in [0.3, 0.4) is 0 Å². The number of nitrogens with one attached hydrogen (secondary N) is 1. The maximum absolute atomic E-state index is 12.9. The fourth-order valence-corrected chi connectivity index (χ4v) is 6.11. The van der Waals surface area contributed by atoms with Crippen molar-refractivity contribution >= 4 is 44.6 Å². The predicted octanol–water partition coefficient (Wildman–Crippen LogP) is 4.28. The van der Waals surface area contributed by atoms with Gasteiger partial charge in [-0.2, -0.15) is 4.31 Å². The van der Waals surface area contributed by atoms with Crippen molar-refractivity contribution in [3.05, 3.63) is 46.3 Å². The first-order valence-electron chi connectivity index (χ1n) is 8.49. The highest BCUT2D eigenvalue weighted by Crippen LogP contribution is 2.29. The third-order valence-corrected chi connectivity index (χ3v) is 8.24. The molecule has 0 aliphatic carbocycles. The minimum atomic E-state index is -3.55. The monoisotopic (exact) mass is 412 g/mol. The number of thiophene rings is 1. The topological polar surface area (TPSA) is 66.5 Å². The van der Waals surface area contributed by atoms with Crippen LogP contribution >= 0.6 is 22.9 Å². The van der Waals surface area contributed by atoms with Crippen molar-refractivity contribution < 1.29 is 13.2 Å². The molecule has 0 saturated carbocycles. The zero-order chi connectivity index (χ0) is 18.7. The molecule has 8 heteroatoms. The number of amides is 1. The molecule has 140 valence electrons. The van der Waals surface area contributed by atoms with E-state index in [0.717, 1.165) is 18.4 Å². The van der Waals surface area contributed by atoms with Gasteiger partial charge in [0, 0.05) is 29.7 Å². The van der Waals surface area contributed by atoms with Gasteiger partial charge in [0.2, 0.25) is 5.91 Å². The quantitative estimate of drug-likeness (QED) is 0.796. The third-order valence-electron chi connectivity index (χ3n) is 4.51. The molecule has 5 nitrogen and oxygen atoms in total. The van der Waals surface area contributed by atoms with Gasteiger partial charge in [0.05, 0.1) is 0 Å². The second-order valence-electron chi connectivity index (χ2n) is 6.41. The van der Waals surface area contributed by atoms with Gasteiger partial charge in [-0.15, -0.1) is 11.3 Å². The lowest BCUT2D eigenvalue weighted by Gasteiger charge is -2.34. The van der Waals surface area contributed by atoms with E-state index in [1.165, 1.54) is 15.6 Å². The molecule has 2 heterocycles. The maximum atomic E-state index is 12.9. The molecule has 1 N–H and O–H groups in total. The Labute approximate surface area is 163 Å². The van der Waals surface area contributed by atoms with Gasteiger partial charge < -0.3 is 5.32 Å². The summed E-state index contributed by atoms with van der Waals surface area (Å²) in [6.45, 7) is 2.35. The molecule has 1 fully saturated rings. The van der Waals surface area contributed by atoms with Crippen LogP contribution in [0.25, 0.3) is 0 Å². The third kappa shape index (κ3) is 4.28. The van der Waals surface area contributed by atoms with Crippen LogP contribution in [0.1, 0.15) is 31.2 Å². The van der Waals surface area contributed by atoms with E-state index in [-0.39, 0.29) is 18.4 Å². The lowest BCUT2D eigenvalue weighted by atomic mass is 10.0. The predicted molar refractivity (Wildman–Crippen MR) is 105 cm³/mol. The van der Waals surface area contributed by atoms with Gasteiger partial charge in [-0.3, -0.25) is 4.79 Å². The molecular formula is C18H21ClN2O3S2. The number of aryl methyl sites for hydroxylation is 1. The summed E-state index contributed by atoms with van der Waals surface area (Å²) in [5.74, 6) is -0.205. The molecule has 26 heavy (non-hydrogen) atoms. The summed E-state index contributed by atoms with van der Waals surface area (Å²) >= 11 is 7.30. The van der Waals surface area contributed by atoms with Gasteiger partial charge in [-0.1, -0.05) is 30.2 Å². The average molecular weight is 413 g/mol. The van der Waals surface area contributed by atoms with E-state index in [1.54, 1.807) is 29.6 Å². The number of piperidine rings is 1. The second kappa shape index (κ2) is 8.08. The Kier molecular flexibility index (Phi) is 6.02. The number of halogens is 1. The van der Waals surface area contributed by atoms with Crippen LogP contribution < -0.4 is 5.32 Å². The SMILES string of the molecule is Cc1ccc(NC(=O)C[C@@H]2CCCCN2S(=O)(=O)c2cccs2)cc1Cl. The van der Waals surface area contributed by atoms with E-state index < -0.39 is 10.0 Å². The number of carbonyl (C=O) groups excluding carboxylic acids is 1. The lowest BCUT2D eigenvalue weighted by Crippen LogP contribution is -2.45. The lowest BCUT2D eigenvalue weighted by molar-refractivity contribution is -0.117. The Hall–Kier alpha value is -1.41. The van der Waals surface area contributed by atoms with Gasteiger partial charge in [-0.05, 0) is 48.9 Å². The molecule has 1 amide bonds. The molecule has 1 aliphatic heterocycles. The second-order valence-corrected chi connectivity index (χ2v) is 9.89. The van der Waals surface area contributed by atoms with Crippen LogP contribution in [-0.4, -0.2) is 31.2 Å². The van der Waals surface area contributed by atoms with E-state index in [2.05, 4.69) is 5.32 Å². The van der Waals surface area contributed by atoms with Crippen molar-refractivity contribution in [1.82, 2.24) is 4.31 Å². The fraction of sp³-hybridized carbons (Fsp3) is 0.389. The van der Waals surface area contributed by atoms with E-state index in [0.29, 0.717) is 27.9 Å². The summed E-state index contributed by atoms with van der Waals surface area (Å²) < 4.78 is 27.6. The largest absolute Gasteiger partial charge is 0.326 e. The summed E-state index contributed by atoms with van der Waals surface area (Å²) in [5, 5.41) is 5.16. The van der Waals surface area contributed by atoms with Crippen molar-refractivity contribution in [2.75, 3.05) is 11.9 Å². The number of sulfonamides is 1. The number of nitrogens with zero attached hydrogens (tertiary/aromatic N) is 1. The van der Waals surface area contributed by atoms with Crippen LogP contribution in [0, 0.1) is 6.92 Å². The normalized spacial score (nSPS) is 18.6. The number of carbonyl (C=O) groups is 1. The zero-order valence-corrected chi connectivity index (χ0v) is 16.8. The number of anilines is 1. The summed E-state index contributed by atoms with van der Waals surface area (Å²) in [5.41, 5.74) is 1.55. The molecule has 0 spiro atoms. The molecule has 1 saturated heterocycles. The highest BCUT2D eigenvalue weighted by atomic mass is 35.5. The van der Waals surface area contributed by atoms with Crippen LogP contribution in [-0.2, 0) is 14.8 Å². The van der Waals surface area contributed by atoms with E-state index in [1.807, 2.05) is 13.0 Å². The molecule has 1 atom stereocenters. The van der Waals surface area contributed by atoms with E-state index in [4.69, 9.17) is 11.6 Å². The van der Waals surface area contributed by atoms with Gasteiger partial charge in [0.1, 0.15) is 4.21 Å². The standard InChI is InChI=1S/C18H21ClN2O3S2/c1-13-7-8-14(11-16(13)19)20-17(22)12-15-5-2-3-9-21(15)26(23,24)18-6-4-10-25-18/h4,6-8,10-11,15H,2-3,5,9,12H2,1H3,(H,20,22)/t15-/m0/s1. The number of hydrogen-bond acceptors (Lipinski definition) is 4. The van der Waals surface area contributed by atoms with Crippen LogP contribution in [0.4, 0.5) is 5.69 Å². The number of rotatable bonds is 5. The molecule has 1 aromatic carbocycles. The summed E-state index contributed by atoms with van der Waals surface area (Å²) in [7, 11) is -3.55. The highest BCUT2D eigenvalue weighted by molar-refractivity contribution is 7.91. The Bertz CT molecular complexity index is 882. The Morgan fingerprint density at radius 3 is 2.85 bits per heavy atom. The van der Waals surface area contributed by atoms with Crippen molar-refractivity contribution in [2.45, 2.75) is 42.9 Å².